The fourth-order valence-electron chi connectivity index (χ4n) is 1.19. The van der Waals surface area contributed by atoms with Crippen LogP contribution in [0.2, 0.25) is 0 Å². The van der Waals surface area contributed by atoms with Crippen molar-refractivity contribution in [3.63, 3.8) is 0 Å². The van der Waals surface area contributed by atoms with Crippen molar-refractivity contribution < 1.29 is 23.9 Å². The highest BCUT2D eigenvalue weighted by atomic mass is 31.2. The van der Waals surface area contributed by atoms with Crippen LogP contribution in [-0.4, -0.2) is 28.2 Å². The van der Waals surface area contributed by atoms with Crippen LogP contribution in [0.4, 0.5) is 0 Å². The molecule has 0 fully saturated rings. The molecule has 0 aromatic heterocycles. The predicted octanol–water partition coefficient (Wildman–Crippen LogP) is 0.592. The van der Waals surface area contributed by atoms with Crippen molar-refractivity contribution >= 4 is 13.9 Å². The van der Waals surface area contributed by atoms with Crippen molar-refractivity contribution in [3.8, 4) is 0 Å². The molecule has 2 atom stereocenters. The van der Waals surface area contributed by atoms with Crippen LogP contribution in [0.3, 0.4) is 0 Å². The number of carbonyl (C=O) groups is 1. The van der Waals surface area contributed by atoms with Gasteiger partial charge in [-0.15, -0.1) is 0 Å². The summed E-state index contributed by atoms with van der Waals surface area (Å²) in [4.78, 5) is 20.3. The van der Waals surface area contributed by atoms with Crippen molar-refractivity contribution in [1.29, 1.82) is 0 Å². The number of allylic oxidation sites excluding steroid dienone is 4. The van der Waals surface area contributed by atoms with Gasteiger partial charge in [-0.3, -0.25) is 9.09 Å². The van der Waals surface area contributed by atoms with Crippen molar-refractivity contribution in [2.24, 2.45) is 0 Å². The highest BCUT2D eigenvalue weighted by Gasteiger charge is 2.46. The van der Waals surface area contributed by atoms with Gasteiger partial charge in [0, 0.05) is 0 Å². The largest absolute Gasteiger partial charge is 0.370 e. The highest BCUT2D eigenvalue weighted by molar-refractivity contribution is 7.56. The molecule has 0 aliphatic heterocycles. The molecule has 0 spiro atoms. The first-order valence-corrected chi connectivity index (χ1v) is 5.55. The first-order valence-electron chi connectivity index (χ1n) is 3.97. The quantitative estimate of drug-likeness (QED) is 0.410. The van der Waals surface area contributed by atoms with E-state index in [1.54, 1.807) is 12.2 Å². The van der Waals surface area contributed by atoms with Gasteiger partial charge in [0.15, 0.2) is 6.79 Å². The van der Waals surface area contributed by atoms with Gasteiger partial charge < -0.3 is 14.8 Å². The van der Waals surface area contributed by atoms with Gasteiger partial charge in [-0.25, -0.2) is 0 Å². The molecule has 0 aromatic carbocycles. The second-order valence-corrected chi connectivity index (χ2v) is 5.01. The zero-order chi connectivity index (χ0) is 10.7. The van der Waals surface area contributed by atoms with Gasteiger partial charge in [-0.1, -0.05) is 24.3 Å². The Balaban J connectivity index is 3.01. The lowest BCUT2D eigenvalue weighted by molar-refractivity contribution is -0.109. The fraction of sp³-hybridized carbons (Fsp3) is 0.375. The molecular weight excluding hydrogens is 207 g/mol. The average Bonchev–Trinajstić information content (AvgIpc) is 2.18. The van der Waals surface area contributed by atoms with Crippen LogP contribution in [0.25, 0.3) is 0 Å². The maximum Gasteiger partial charge on any atom is 0.347 e. The van der Waals surface area contributed by atoms with E-state index in [0.717, 1.165) is 0 Å². The summed E-state index contributed by atoms with van der Waals surface area (Å²) in [6, 6.07) is 0. The lowest BCUT2D eigenvalue weighted by Crippen LogP contribution is -2.30. The first kappa shape index (κ1) is 11.3. The summed E-state index contributed by atoms with van der Waals surface area (Å²) in [7, 11) is -4.16. The van der Waals surface area contributed by atoms with Crippen molar-refractivity contribution in [1.82, 2.24) is 0 Å². The van der Waals surface area contributed by atoms with Crippen molar-refractivity contribution in [2.75, 3.05) is 6.79 Å². The number of aldehydes is 1. The zero-order valence-electron chi connectivity index (χ0n) is 7.37. The van der Waals surface area contributed by atoms with E-state index in [1.165, 1.54) is 12.2 Å². The van der Waals surface area contributed by atoms with Crippen LogP contribution in [-0.2, 0) is 13.9 Å². The minimum Gasteiger partial charge on any atom is -0.370 e. The molecule has 0 saturated heterocycles. The van der Waals surface area contributed by atoms with E-state index < -0.39 is 19.5 Å². The maximum atomic E-state index is 11.6. The summed E-state index contributed by atoms with van der Waals surface area (Å²) in [5.74, 6) is 0. The van der Waals surface area contributed by atoms with E-state index in [0.29, 0.717) is 6.29 Å². The number of aliphatic hydroxyl groups is 1. The molecule has 1 unspecified atom stereocenters. The molecule has 1 aliphatic carbocycles. The van der Waals surface area contributed by atoms with Crippen LogP contribution in [0, 0.1) is 0 Å². The summed E-state index contributed by atoms with van der Waals surface area (Å²) in [5, 5.41) is 6.88. The van der Waals surface area contributed by atoms with Gasteiger partial charge in [-0.2, -0.15) is 0 Å². The fourth-order valence-corrected chi connectivity index (χ4v) is 2.33. The lowest BCUT2D eigenvalue weighted by Gasteiger charge is -2.28. The van der Waals surface area contributed by atoms with Crippen LogP contribution in [0.1, 0.15) is 6.42 Å². The summed E-state index contributed by atoms with van der Waals surface area (Å²) >= 11 is 0. The highest BCUT2D eigenvalue weighted by Crippen LogP contribution is 2.57. The summed E-state index contributed by atoms with van der Waals surface area (Å²) < 4.78 is 15.9. The third kappa shape index (κ3) is 1.86. The van der Waals surface area contributed by atoms with Gasteiger partial charge >= 0.3 is 7.60 Å². The molecule has 0 amide bonds. The average molecular weight is 218 g/mol. The Hall–Kier alpha value is -0.740. The van der Waals surface area contributed by atoms with Crippen molar-refractivity contribution in [2.45, 2.75) is 11.6 Å². The van der Waals surface area contributed by atoms with Crippen LogP contribution < -0.4 is 0 Å². The summed E-state index contributed by atoms with van der Waals surface area (Å²) in [6.07, 6.45) is 6.56. The molecule has 5 nitrogen and oxygen atoms in total. The second kappa shape index (κ2) is 4.19. The first-order chi connectivity index (χ1) is 6.58. The number of hydrogen-bond donors (Lipinski definition) is 2. The predicted molar refractivity (Wildman–Crippen MR) is 49.7 cm³/mol. The Bertz CT molecular complexity index is 322. The lowest BCUT2D eigenvalue weighted by atomic mass is 10.0. The van der Waals surface area contributed by atoms with Gasteiger partial charge in [0.2, 0.25) is 0 Å². The Morgan fingerprint density at radius 3 is 2.71 bits per heavy atom. The van der Waals surface area contributed by atoms with E-state index in [1.807, 2.05) is 0 Å². The second-order valence-electron chi connectivity index (χ2n) is 2.88. The molecule has 1 rings (SSSR count). The van der Waals surface area contributed by atoms with Crippen LogP contribution in [0.5, 0.6) is 0 Å². The SMILES string of the molecule is O=C[C@]1(P(=O)(O)OCO)C=CC=CC1. The van der Waals surface area contributed by atoms with Crippen LogP contribution >= 0.6 is 7.60 Å². The monoisotopic (exact) mass is 218 g/mol. The van der Waals surface area contributed by atoms with E-state index in [-0.39, 0.29) is 6.42 Å². The maximum absolute atomic E-state index is 11.6. The molecule has 0 bridgehead atoms. The number of rotatable bonds is 4. The smallest absolute Gasteiger partial charge is 0.347 e. The topological polar surface area (TPSA) is 83.8 Å². The minimum atomic E-state index is -4.16. The third-order valence-corrected chi connectivity index (χ3v) is 3.99. The Labute approximate surface area is 81.2 Å². The van der Waals surface area contributed by atoms with E-state index in [4.69, 9.17) is 5.11 Å². The molecule has 78 valence electrons. The molecule has 0 heterocycles. The Kier molecular flexibility index (Phi) is 3.39. The number of hydrogen-bond acceptors (Lipinski definition) is 4. The molecule has 6 heteroatoms. The Morgan fingerprint density at radius 1 is 1.57 bits per heavy atom. The number of aliphatic hydroxyl groups excluding tert-OH is 1. The zero-order valence-corrected chi connectivity index (χ0v) is 8.26. The molecule has 14 heavy (non-hydrogen) atoms. The van der Waals surface area contributed by atoms with Gasteiger partial charge in [0.25, 0.3) is 0 Å². The standard InChI is InChI=1S/C8H11O5P/c9-6-8(4-2-1-3-5-8)14(11,12)13-7-10/h1-4,6,10H,5,7H2,(H,11,12)/t8-/m0/s1. The molecule has 2 N–H and O–H groups in total. The molecule has 0 aromatic rings. The van der Waals surface area contributed by atoms with E-state index in [9.17, 15) is 14.3 Å². The third-order valence-electron chi connectivity index (χ3n) is 2.04. The summed E-state index contributed by atoms with van der Waals surface area (Å²) in [6.45, 7) is -0.888. The Morgan fingerprint density at radius 2 is 2.29 bits per heavy atom. The van der Waals surface area contributed by atoms with Gasteiger partial charge in [0.1, 0.15) is 11.4 Å². The van der Waals surface area contributed by atoms with Gasteiger partial charge in [0.05, 0.1) is 0 Å². The molecule has 0 saturated carbocycles. The molecule has 0 radical (unpaired) electrons. The van der Waals surface area contributed by atoms with E-state index in [2.05, 4.69) is 4.52 Å². The summed E-state index contributed by atoms with van der Waals surface area (Å²) in [5.41, 5.74) is 0. The minimum absolute atomic E-state index is 0.0980. The van der Waals surface area contributed by atoms with Crippen LogP contribution in [0.15, 0.2) is 24.3 Å². The van der Waals surface area contributed by atoms with E-state index >= 15 is 0 Å². The molecule has 1 aliphatic rings. The number of carbonyl (C=O) groups excluding carboxylic acids is 1. The molecular formula is C8H11O5P. The normalized spacial score (nSPS) is 29.9. The van der Waals surface area contributed by atoms with Gasteiger partial charge in [-0.05, 0) is 6.42 Å². The van der Waals surface area contributed by atoms with Crippen molar-refractivity contribution in [3.05, 3.63) is 24.3 Å².